The average molecular weight is 1870 g/mol. The fourth-order valence-electron chi connectivity index (χ4n) is 20.9. The summed E-state index contributed by atoms with van der Waals surface area (Å²) in [5.41, 5.74) is 38.8. The summed E-state index contributed by atoms with van der Waals surface area (Å²) in [7, 11) is 1.70. The summed E-state index contributed by atoms with van der Waals surface area (Å²) in [4.78, 5) is 6.58. The third-order valence-corrected chi connectivity index (χ3v) is 27.8. The van der Waals surface area contributed by atoms with Crippen molar-refractivity contribution in [1.29, 1.82) is 5.26 Å². The van der Waals surface area contributed by atoms with E-state index in [1.165, 1.54) is 111 Å². The Labute approximate surface area is 840 Å². The molecule has 25 aromatic rings. The standard InChI is InChI=1S/C50H33N3.C43H32N2O.C42H28F2N2/c51-33-34-14-16-35(17-15-34)36-18-23-42(24-19-36)52(44-27-28-46-40(31-44)30-39-8-4-5-11-45(39)46)43-25-20-37(21-26-43)38-22-29-50-48(32-38)47-12-6-7-13-49(47)53(50)41-9-2-1-3-10-41;1-46-39-27-20-34(21-28-39)33-18-24-37(25-19-33)44(36-22-16-32(17-23-36)31-10-4-2-5-11-31)38-26-29-43-41(30-38)40-14-8-9-15-42(40)45(43)35-12-6-3-7-13-35;43-33-26-34(44)28-38(27-33)45(36-20-15-30(16-21-36)29-9-3-1-4-10-29)37-22-17-31(18-23-37)32-19-24-42-40(25-32)39-13-7-8-14-41(39)46(42)35-11-5-2-6-12-35/h1-29,31-32H,30H2;2-30H,1H3;1-28H. The number of nitrogens with zero attached hydrogens (tertiary/aromatic N) is 7. The first-order valence-corrected chi connectivity index (χ1v) is 48.8. The highest BCUT2D eigenvalue weighted by molar-refractivity contribution is 6.13. The van der Waals surface area contributed by atoms with Gasteiger partial charge in [-0.1, -0.05) is 309 Å². The second-order valence-electron chi connectivity index (χ2n) is 36.5. The molecule has 26 rings (SSSR count). The highest BCUT2D eigenvalue weighted by Gasteiger charge is 2.26. The maximum Gasteiger partial charge on any atom is 0.128 e. The molecular formula is C135H93F2N7O. The molecule has 3 heterocycles. The largest absolute Gasteiger partial charge is 0.497 e. The molecule has 3 aromatic heterocycles. The Bertz CT molecular complexity index is 9070. The summed E-state index contributed by atoms with van der Waals surface area (Å²) in [5.74, 6) is -0.393. The van der Waals surface area contributed by atoms with E-state index in [0.29, 0.717) is 11.3 Å². The highest BCUT2D eigenvalue weighted by Crippen LogP contribution is 2.48. The van der Waals surface area contributed by atoms with Crippen LogP contribution in [0.5, 0.6) is 5.75 Å². The van der Waals surface area contributed by atoms with E-state index in [1.807, 2.05) is 102 Å². The topological polar surface area (TPSA) is 57.5 Å². The van der Waals surface area contributed by atoms with Gasteiger partial charge in [-0.3, -0.25) is 0 Å². The molecule has 0 spiro atoms. The molecule has 8 nitrogen and oxygen atoms in total. The predicted octanol–water partition coefficient (Wildman–Crippen LogP) is 36.5. The zero-order valence-electron chi connectivity index (χ0n) is 79.3. The molecule has 0 amide bonds. The molecule has 0 fully saturated rings. The SMILES string of the molecule is COc1ccc(-c2ccc(N(c3ccc(-c4ccccc4)cc3)c3ccc4c(c3)c3ccccc3n4-c3ccccc3)cc2)cc1.Fc1cc(F)cc(N(c2ccc(-c3ccccc3)cc2)c2ccc(-c3ccc4c(c3)c3ccccc3n4-c3ccccc3)cc2)c1.N#Cc1ccc(-c2ccc(N(c3ccc(-c4ccc5c(c4)c4ccccc4n5-c4ccccc4)cc3)c3ccc4c(c3)Cc3ccccc3-4)cc2)cc1. The van der Waals surface area contributed by atoms with E-state index in [0.717, 1.165) is 136 Å². The van der Waals surface area contributed by atoms with E-state index >= 15 is 0 Å². The third-order valence-electron chi connectivity index (χ3n) is 27.8. The molecule has 0 unspecified atom stereocenters. The van der Waals surface area contributed by atoms with Gasteiger partial charge in [0.1, 0.15) is 17.4 Å². The van der Waals surface area contributed by atoms with Gasteiger partial charge < -0.3 is 33.1 Å². The number of aromatic nitrogens is 3. The van der Waals surface area contributed by atoms with Crippen molar-refractivity contribution in [3.05, 3.63) is 562 Å². The van der Waals surface area contributed by atoms with Gasteiger partial charge in [0.05, 0.1) is 57.5 Å². The summed E-state index contributed by atoms with van der Waals surface area (Å²) in [6, 6.07) is 187. The Morgan fingerprint density at radius 1 is 0.214 bits per heavy atom. The van der Waals surface area contributed by atoms with E-state index in [2.05, 4.69) is 448 Å². The van der Waals surface area contributed by atoms with Gasteiger partial charge in [0.15, 0.2) is 0 Å². The third kappa shape index (κ3) is 17.4. The number of anilines is 9. The van der Waals surface area contributed by atoms with Crippen LogP contribution < -0.4 is 19.4 Å². The quantitative estimate of drug-likeness (QED) is 0.0807. The molecule has 145 heavy (non-hydrogen) atoms. The zero-order valence-corrected chi connectivity index (χ0v) is 79.3. The number of halogens is 2. The lowest BCUT2D eigenvalue weighted by Gasteiger charge is -2.26. The first-order valence-electron chi connectivity index (χ1n) is 48.8. The smallest absolute Gasteiger partial charge is 0.128 e. The van der Waals surface area contributed by atoms with Crippen molar-refractivity contribution in [3.8, 4) is 107 Å². The number of methoxy groups -OCH3 is 1. The zero-order chi connectivity index (χ0) is 97.2. The van der Waals surface area contributed by atoms with Crippen LogP contribution in [0.4, 0.5) is 60.0 Å². The maximum atomic E-state index is 14.5. The fourth-order valence-corrected chi connectivity index (χ4v) is 20.9. The van der Waals surface area contributed by atoms with E-state index in [-0.39, 0.29) is 0 Å². The number of fused-ring (bicyclic) bond motifs is 12. The molecule has 22 aromatic carbocycles. The number of hydrogen-bond donors (Lipinski definition) is 0. The molecule has 0 bridgehead atoms. The molecule has 1 aliphatic carbocycles. The first-order chi connectivity index (χ1) is 71.6. The van der Waals surface area contributed by atoms with Gasteiger partial charge in [-0.2, -0.15) is 5.26 Å². The van der Waals surface area contributed by atoms with Gasteiger partial charge >= 0.3 is 0 Å². The van der Waals surface area contributed by atoms with Crippen molar-refractivity contribution < 1.29 is 13.5 Å². The van der Waals surface area contributed by atoms with Crippen LogP contribution in [0.3, 0.4) is 0 Å². The Balaban J connectivity index is 0.000000117. The van der Waals surface area contributed by atoms with Gasteiger partial charge in [0.25, 0.3) is 0 Å². The molecule has 688 valence electrons. The van der Waals surface area contributed by atoms with Crippen molar-refractivity contribution in [1.82, 2.24) is 13.7 Å². The predicted molar refractivity (Wildman–Crippen MR) is 598 cm³/mol. The van der Waals surface area contributed by atoms with Crippen molar-refractivity contribution in [3.63, 3.8) is 0 Å². The van der Waals surface area contributed by atoms with Crippen molar-refractivity contribution >= 4 is 117 Å². The molecule has 0 radical (unpaired) electrons. The first kappa shape index (κ1) is 88.5. The van der Waals surface area contributed by atoms with Crippen molar-refractivity contribution in [2.45, 2.75) is 6.42 Å². The molecule has 1 aliphatic rings. The van der Waals surface area contributed by atoms with E-state index in [4.69, 9.17) is 4.74 Å². The Hall–Kier alpha value is -19.2. The van der Waals surface area contributed by atoms with Gasteiger partial charge in [-0.15, -0.1) is 0 Å². The molecule has 0 saturated heterocycles. The molecule has 0 saturated carbocycles. The molecule has 10 heteroatoms. The maximum absolute atomic E-state index is 14.5. The number of rotatable bonds is 19. The van der Waals surface area contributed by atoms with Crippen LogP contribution in [0.2, 0.25) is 0 Å². The van der Waals surface area contributed by atoms with Crippen molar-refractivity contribution in [2.75, 3.05) is 21.8 Å². The monoisotopic (exact) mass is 1870 g/mol. The van der Waals surface area contributed by atoms with Crippen LogP contribution in [0.25, 0.3) is 160 Å². The summed E-state index contributed by atoms with van der Waals surface area (Å²) in [6.07, 6.45) is 0.937. The number of hydrogen-bond acceptors (Lipinski definition) is 5. The summed E-state index contributed by atoms with van der Waals surface area (Å²) in [5, 5.41) is 16.6. The van der Waals surface area contributed by atoms with E-state index in [1.54, 1.807) is 7.11 Å². The lowest BCUT2D eigenvalue weighted by molar-refractivity contribution is 0.415. The van der Waals surface area contributed by atoms with E-state index in [9.17, 15) is 14.0 Å². The highest BCUT2D eigenvalue weighted by atomic mass is 19.1. The molecule has 0 atom stereocenters. The second kappa shape index (κ2) is 38.9. The van der Waals surface area contributed by atoms with Gasteiger partial charge in [0, 0.05) is 101 Å². The van der Waals surface area contributed by atoms with Gasteiger partial charge in [-0.25, -0.2) is 8.78 Å². The number of nitriles is 1. The van der Waals surface area contributed by atoms with Crippen LogP contribution in [-0.4, -0.2) is 20.8 Å². The normalized spacial score (nSPS) is 11.4. The van der Waals surface area contributed by atoms with Crippen LogP contribution in [0, 0.1) is 23.0 Å². The Morgan fingerprint density at radius 2 is 0.483 bits per heavy atom. The van der Waals surface area contributed by atoms with Crippen LogP contribution in [0.1, 0.15) is 16.7 Å². The second-order valence-corrected chi connectivity index (χ2v) is 36.5. The molecule has 0 N–H and O–H groups in total. The van der Waals surface area contributed by atoms with Gasteiger partial charge in [-0.05, 0) is 314 Å². The molecule has 0 aliphatic heterocycles. The lowest BCUT2D eigenvalue weighted by atomic mass is 10.0. The minimum absolute atomic E-state index is 0.410. The fraction of sp³-hybridized carbons (Fsp3) is 0.0148. The van der Waals surface area contributed by atoms with Crippen LogP contribution in [-0.2, 0) is 6.42 Å². The van der Waals surface area contributed by atoms with Crippen molar-refractivity contribution in [2.24, 2.45) is 0 Å². The Morgan fingerprint density at radius 3 is 0.862 bits per heavy atom. The number of benzene rings is 22. The minimum Gasteiger partial charge on any atom is -0.497 e. The summed E-state index contributed by atoms with van der Waals surface area (Å²) >= 11 is 0. The number of para-hydroxylation sites is 6. The van der Waals surface area contributed by atoms with Gasteiger partial charge in [0.2, 0.25) is 0 Å². The van der Waals surface area contributed by atoms with E-state index < -0.39 is 11.6 Å². The Kier molecular flexibility index (Phi) is 23.7. The van der Waals surface area contributed by atoms with Crippen LogP contribution in [0.15, 0.2) is 534 Å². The summed E-state index contributed by atoms with van der Waals surface area (Å²) in [6.45, 7) is 0. The average Bonchev–Trinajstić information content (AvgIpc) is 1.59. The lowest BCUT2D eigenvalue weighted by Crippen LogP contribution is -2.10. The molecular weight excluding hydrogens is 1770 g/mol. The summed E-state index contributed by atoms with van der Waals surface area (Å²) < 4.78 is 41.3. The van der Waals surface area contributed by atoms with Crippen LogP contribution >= 0.6 is 0 Å². The number of ether oxygens (including phenoxy) is 1. The minimum atomic E-state index is -0.625.